The normalized spacial score (nSPS) is 21.4. The number of carbonyl (C=O) groups is 2. The van der Waals surface area contributed by atoms with Crippen LogP contribution in [0.4, 0.5) is 0 Å². The summed E-state index contributed by atoms with van der Waals surface area (Å²) in [6.07, 6.45) is 1.26. The van der Waals surface area contributed by atoms with Crippen molar-refractivity contribution in [2.75, 3.05) is 19.6 Å². The van der Waals surface area contributed by atoms with Crippen molar-refractivity contribution in [1.82, 2.24) is 10.2 Å². The van der Waals surface area contributed by atoms with Gasteiger partial charge in [-0.1, -0.05) is 25.1 Å². The van der Waals surface area contributed by atoms with Gasteiger partial charge in [0.25, 0.3) is 5.91 Å². The summed E-state index contributed by atoms with van der Waals surface area (Å²) in [5, 5.41) is 2.87. The van der Waals surface area contributed by atoms with E-state index in [1.165, 1.54) is 0 Å². The van der Waals surface area contributed by atoms with E-state index in [0.717, 1.165) is 13.0 Å². The summed E-state index contributed by atoms with van der Waals surface area (Å²) >= 11 is 0. The van der Waals surface area contributed by atoms with Crippen LogP contribution < -0.4 is 11.1 Å². The first kappa shape index (κ1) is 19.5. The van der Waals surface area contributed by atoms with E-state index in [0.29, 0.717) is 25.1 Å². The van der Waals surface area contributed by atoms with Crippen LogP contribution in [0.25, 0.3) is 0 Å². The molecule has 0 bridgehead atoms. The highest BCUT2D eigenvalue weighted by Gasteiger charge is 2.35. The van der Waals surface area contributed by atoms with Gasteiger partial charge in [0.1, 0.15) is 0 Å². The largest absolute Gasteiger partial charge is 0.349 e. The van der Waals surface area contributed by atoms with Crippen LogP contribution in [-0.4, -0.2) is 42.4 Å². The number of likely N-dealkylation sites (tertiary alicyclic amines) is 1. The number of hydrogen-bond acceptors (Lipinski definition) is 3. The Morgan fingerprint density at radius 2 is 2.00 bits per heavy atom. The molecule has 23 heavy (non-hydrogen) atoms. The van der Waals surface area contributed by atoms with Crippen molar-refractivity contribution in [3.8, 4) is 0 Å². The van der Waals surface area contributed by atoms with Crippen LogP contribution in [0.1, 0.15) is 37.0 Å². The molecule has 0 aliphatic carbocycles. The minimum absolute atomic E-state index is 0. The Balaban J connectivity index is 0.00000264. The Bertz CT molecular complexity index is 538. The molecule has 1 saturated heterocycles. The molecule has 2 atom stereocenters. The van der Waals surface area contributed by atoms with Crippen LogP contribution in [0, 0.1) is 5.41 Å². The van der Waals surface area contributed by atoms with Crippen molar-refractivity contribution in [2.24, 2.45) is 11.1 Å². The van der Waals surface area contributed by atoms with Gasteiger partial charge in [-0.3, -0.25) is 9.59 Å². The molecule has 1 aromatic rings. The molecule has 2 amide bonds. The van der Waals surface area contributed by atoms with Gasteiger partial charge < -0.3 is 16.0 Å². The highest BCUT2D eigenvalue weighted by Crippen LogP contribution is 2.28. The van der Waals surface area contributed by atoms with Gasteiger partial charge in [-0.25, -0.2) is 0 Å². The van der Waals surface area contributed by atoms with Crippen LogP contribution in [-0.2, 0) is 4.79 Å². The fraction of sp³-hybridized carbons (Fsp3) is 0.529. The molecular weight excluding hydrogens is 314 g/mol. The monoisotopic (exact) mass is 339 g/mol. The molecule has 128 valence electrons. The Kier molecular flexibility index (Phi) is 7.03. The second-order valence-corrected chi connectivity index (χ2v) is 6.52. The number of nitrogens with zero attached hydrogens (tertiary/aromatic N) is 1. The molecule has 5 nitrogen and oxygen atoms in total. The molecule has 1 heterocycles. The van der Waals surface area contributed by atoms with E-state index < -0.39 is 0 Å². The van der Waals surface area contributed by atoms with Gasteiger partial charge in [0.15, 0.2) is 0 Å². The first-order valence-electron chi connectivity index (χ1n) is 7.77. The van der Waals surface area contributed by atoms with Crippen molar-refractivity contribution in [3.05, 3.63) is 35.9 Å². The number of benzene rings is 1. The quantitative estimate of drug-likeness (QED) is 0.859. The van der Waals surface area contributed by atoms with Gasteiger partial charge in [-0.15, -0.1) is 12.4 Å². The Morgan fingerprint density at radius 3 is 2.57 bits per heavy atom. The molecule has 0 spiro atoms. The lowest BCUT2D eigenvalue weighted by Crippen LogP contribution is -2.39. The average molecular weight is 340 g/mol. The maximum absolute atomic E-state index is 12.3. The first-order chi connectivity index (χ1) is 10.4. The number of nitrogens with two attached hydrogens (primary N) is 1. The summed E-state index contributed by atoms with van der Waals surface area (Å²) in [6, 6.07) is 8.84. The lowest BCUT2D eigenvalue weighted by atomic mass is 9.90. The van der Waals surface area contributed by atoms with Gasteiger partial charge in [0, 0.05) is 31.1 Å². The minimum Gasteiger partial charge on any atom is -0.349 e. The number of nitrogens with one attached hydrogen (secondary N) is 1. The minimum atomic E-state index is -0.190. The Labute approximate surface area is 144 Å². The van der Waals surface area contributed by atoms with Crippen molar-refractivity contribution in [3.63, 3.8) is 0 Å². The smallest absolute Gasteiger partial charge is 0.251 e. The van der Waals surface area contributed by atoms with Crippen LogP contribution in [0.5, 0.6) is 0 Å². The molecule has 0 aromatic heterocycles. The lowest BCUT2D eigenvalue weighted by molar-refractivity contribution is -0.130. The van der Waals surface area contributed by atoms with E-state index >= 15 is 0 Å². The number of halogens is 1. The van der Waals surface area contributed by atoms with Crippen molar-refractivity contribution in [2.45, 2.75) is 32.7 Å². The van der Waals surface area contributed by atoms with Crippen LogP contribution in [0.3, 0.4) is 0 Å². The zero-order chi connectivity index (χ0) is 16.2. The van der Waals surface area contributed by atoms with E-state index in [4.69, 9.17) is 5.73 Å². The predicted octanol–water partition coefficient (Wildman–Crippen LogP) is 1.81. The average Bonchev–Trinajstić information content (AvgIpc) is 2.91. The molecule has 1 aromatic carbocycles. The van der Waals surface area contributed by atoms with Gasteiger partial charge in [-0.05, 0) is 37.4 Å². The SMILES string of the molecule is CC(CC(=O)N1CCC(C)(CN)C1)NC(=O)c1ccccc1.Cl. The van der Waals surface area contributed by atoms with E-state index in [-0.39, 0.29) is 35.7 Å². The van der Waals surface area contributed by atoms with Crippen LogP contribution in [0.15, 0.2) is 30.3 Å². The Hall–Kier alpha value is -1.59. The van der Waals surface area contributed by atoms with E-state index in [1.807, 2.05) is 30.0 Å². The molecule has 1 fully saturated rings. The molecule has 1 aliphatic heterocycles. The summed E-state index contributed by atoms with van der Waals surface area (Å²) in [7, 11) is 0. The third-order valence-corrected chi connectivity index (χ3v) is 4.30. The zero-order valence-electron chi connectivity index (χ0n) is 13.7. The summed E-state index contributed by atoms with van der Waals surface area (Å²) in [6.45, 7) is 6.03. The van der Waals surface area contributed by atoms with Gasteiger partial charge in [-0.2, -0.15) is 0 Å². The summed E-state index contributed by atoms with van der Waals surface area (Å²) in [5.74, 6) is -0.0628. The number of hydrogen-bond donors (Lipinski definition) is 2. The summed E-state index contributed by atoms with van der Waals surface area (Å²) in [5.41, 5.74) is 6.41. The molecule has 2 unspecified atom stereocenters. The standard InChI is InChI=1S/C17H25N3O2.ClH/c1-13(19-16(22)14-6-4-3-5-7-14)10-15(21)20-9-8-17(2,11-18)12-20;/h3-7,13H,8-12,18H2,1-2H3,(H,19,22);1H. The van der Waals surface area contributed by atoms with Gasteiger partial charge in [0.2, 0.25) is 5.91 Å². The van der Waals surface area contributed by atoms with Crippen molar-refractivity contribution >= 4 is 24.2 Å². The third kappa shape index (κ3) is 5.22. The second kappa shape index (κ2) is 8.31. The fourth-order valence-corrected chi connectivity index (χ4v) is 2.74. The maximum atomic E-state index is 12.3. The molecule has 3 N–H and O–H groups in total. The summed E-state index contributed by atoms with van der Waals surface area (Å²) < 4.78 is 0. The Morgan fingerprint density at radius 1 is 1.35 bits per heavy atom. The third-order valence-electron chi connectivity index (χ3n) is 4.30. The first-order valence-corrected chi connectivity index (χ1v) is 7.77. The van der Waals surface area contributed by atoms with Gasteiger partial charge >= 0.3 is 0 Å². The maximum Gasteiger partial charge on any atom is 0.251 e. The zero-order valence-corrected chi connectivity index (χ0v) is 14.6. The van der Waals surface area contributed by atoms with Crippen molar-refractivity contribution < 1.29 is 9.59 Å². The van der Waals surface area contributed by atoms with E-state index in [2.05, 4.69) is 12.2 Å². The highest BCUT2D eigenvalue weighted by molar-refractivity contribution is 5.94. The van der Waals surface area contributed by atoms with E-state index in [1.54, 1.807) is 12.1 Å². The van der Waals surface area contributed by atoms with Crippen LogP contribution >= 0.6 is 12.4 Å². The lowest BCUT2D eigenvalue weighted by Gasteiger charge is -2.23. The topological polar surface area (TPSA) is 75.4 Å². The summed E-state index contributed by atoms with van der Waals surface area (Å²) in [4.78, 5) is 26.2. The number of amides is 2. The molecule has 0 saturated carbocycles. The highest BCUT2D eigenvalue weighted by atomic mass is 35.5. The van der Waals surface area contributed by atoms with E-state index in [9.17, 15) is 9.59 Å². The molecular formula is C17H26ClN3O2. The van der Waals surface area contributed by atoms with Crippen LogP contribution in [0.2, 0.25) is 0 Å². The molecule has 1 aliphatic rings. The molecule has 0 radical (unpaired) electrons. The fourth-order valence-electron chi connectivity index (χ4n) is 2.74. The predicted molar refractivity (Wildman–Crippen MR) is 93.6 cm³/mol. The second-order valence-electron chi connectivity index (χ2n) is 6.52. The number of carbonyl (C=O) groups excluding carboxylic acids is 2. The number of rotatable bonds is 5. The molecule has 6 heteroatoms. The van der Waals surface area contributed by atoms with Crippen molar-refractivity contribution in [1.29, 1.82) is 0 Å². The molecule has 2 rings (SSSR count). The van der Waals surface area contributed by atoms with Gasteiger partial charge in [0.05, 0.1) is 0 Å².